The van der Waals surface area contributed by atoms with Crippen LogP contribution in [0.1, 0.15) is 27.7 Å². The maximum Gasteiger partial charge on any atom is 0.0618 e. The van der Waals surface area contributed by atoms with Crippen LogP contribution in [0.5, 0.6) is 0 Å². The molecule has 12 heavy (non-hydrogen) atoms. The molecule has 0 heterocycles. The molecule has 2 heteroatoms. The lowest BCUT2D eigenvalue weighted by atomic mass is 9.67. The van der Waals surface area contributed by atoms with E-state index in [1.807, 2.05) is 6.92 Å². The quantitative estimate of drug-likeness (QED) is 0.577. The van der Waals surface area contributed by atoms with Gasteiger partial charge in [0, 0.05) is 5.92 Å². The van der Waals surface area contributed by atoms with E-state index in [0.29, 0.717) is 17.8 Å². The lowest BCUT2D eigenvalue weighted by molar-refractivity contribution is -0.0995. The average molecular weight is 172 g/mol. The average Bonchev–Trinajstić information content (AvgIpc) is 2.08. The van der Waals surface area contributed by atoms with Crippen LogP contribution < -0.4 is 0 Å². The molecule has 0 bridgehead atoms. The van der Waals surface area contributed by atoms with Crippen molar-refractivity contribution in [1.29, 1.82) is 0 Å². The highest BCUT2D eigenvalue weighted by Crippen LogP contribution is 2.37. The van der Waals surface area contributed by atoms with Crippen LogP contribution in [0.2, 0.25) is 0 Å². The van der Waals surface area contributed by atoms with Gasteiger partial charge in [0.2, 0.25) is 0 Å². The fraction of sp³-hybridized carbons (Fsp3) is 1.00. The number of rotatable bonds is 0. The van der Waals surface area contributed by atoms with E-state index in [0.717, 1.165) is 0 Å². The third-order valence-electron chi connectivity index (χ3n) is 3.81. The molecule has 4 unspecified atom stereocenters. The first kappa shape index (κ1) is 10.0. The molecule has 0 radical (unpaired) electrons. The summed E-state index contributed by atoms with van der Waals surface area (Å²) in [7, 11) is 0. The highest BCUT2D eigenvalue weighted by molar-refractivity contribution is 4.90. The van der Waals surface area contributed by atoms with Crippen LogP contribution in [0.3, 0.4) is 0 Å². The first-order valence-corrected chi connectivity index (χ1v) is 4.83. The van der Waals surface area contributed by atoms with Crippen molar-refractivity contribution in [2.24, 2.45) is 23.7 Å². The molecular formula is C10H20O2. The first-order valence-electron chi connectivity index (χ1n) is 4.83. The smallest absolute Gasteiger partial charge is 0.0618 e. The third-order valence-corrected chi connectivity index (χ3v) is 3.81. The van der Waals surface area contributed by atoms with Crippen molar-refractivity contribution in [3.63, 3.8) is 0 Å². The molecule has 0 spiro atoms. The van der Waals surface area contributed by atoms with Gasteiger partial charge in [0.1, 0.15) is 0 Å². The number of aliphatic hydroxyl groups is 2. The van der Waals surface area contributed by atoms with Crippen molar-refractivity contribution in [3.8, 4) is 0 Å². The molecule has 2 N–H and O–H groups in total. The predicted molar refractivity (Wildman–Crippen MR) is 48.7 cm³/mol. The van der Waals surface area contributed by atoms with Gasteiger partial charge in [0.25, 0.3) is 0 Å². The van der Waals surface area contributed by atoms with Gasteiger partial charge in [-0.1, -0.05) is 27.7 Å². The van der Waals surface area contributed by atoms with Crippen molar-refractivity contribution < 1.29 is 10.2 Å². The Morgan fingerprint density at radius 2 is 0.917 bits per heavy atom. The van der Waals surface area contributed by atoms with E-state index in [1.165, 1.54) is 0 Å². The second-order valence-corrected chi connectivity index (χ2v) is 4.42. The van der Waals surface area contributed by atoms with Gasteiger partial charge < -0.3 is 10.2 Å². The molecule has 0 aromatic rings. The van der Waals surface area contributed by atoms with E-state index in [1.54, 1.807) is 0 Å². The molecule has 1 fully saturated rings. The first-order chi connectivity index (χ1) is 5.46. The van der Waals surface area contributed by atoms with Crippen molar-refractivity contribution in [1.82, 2.24) is 0 Å². The lowest BCUT2D eigenvalue weighted by Gasteiger charge is -2.43. The molecule has 0 aromatic heterocycles. The zero-order valence-corrected chi connectivity index (χ0v) is 8.36. The zero-order chi connectivity index (χ0) is 9.46. The highest BCUT2D eigenvalue weighted by atomic mass is 16.3. The Morgan fingerprint density at radius 3 is 1.25 bits per heavy atom. The summed E-state index contributed by atoms with van der Waals surface area (Å²) in [6, 6.07) is 0. The summed E-state index contributed by atoms with van der Waals surface area (Å²) in [5.41, 5.74) is 0. The molecule has 1 aliphatic carbocycles. The van der Waals surface area contributed by atoms with Crippen LogP contribution in [0, 0.1) is 23.7 Å². The Morgan fingerprint density at radius 1 is 0.583 bits per heavy atom. The Labute approximate surface area is 74.6 Å². The molecule has 1 rings (SSSR count). The second-order valence-electron chi connectivity index (χ2n) is 4.42. The van der Waals surface area contributed by atoms with Crippen LogP contribution in [0.4, 0.5) is 0 Å². The van der Waals surface area contributed by atoms with Crippen molar-refractivity contribution >= 4 is 0 Å². The van der Waals surface area contributed by atoms with Crippen LogP contribution in [-0.4, -0.2) is 22.4 Å². The van der Waals surface area contributed by atoms with Gasteiger partial charge in [-0.25, -0.2) is 0 Å². The standard InChI is InChI=1S/C10H20O2/c1-5-6(2)9(11)8(4)10(12)7(5)3/h5-12H,1-4H3. The summed E-state index contributed by atoms with van der Waals surface area (Å²) < 4.78 is 0. The minimum absolute atomic E-state index is 0.0196. The molecule has 4 atom stereocenters. The summed E-state index contributed by atoms with van der Waals surface area (Å²) in [5, 5.41) is 19.5. The van der Waals surface area contributed by atoms with E-state index in [4.69, 9.17) is 0 Å². The van der Waals surface area contributed by atoms with Crippen molar-refractivity contribution in [2.75, 3.05) is 0 Å². The topological polar surface area (TPSA) is 40.5 Å². The number of hydrogen-bond acceptors (Lipinski definition) is 2. The maximum absolute atomic E-state index is 9.74. The molecule has 2 nitrogen and oxygen atoms in total. The minimum Gasteiger partial charge on any atom is -0.392 e. The fourth-order valence-electron chi connectivity index (χ4n) is 2.26. The SMILES string of the molecule is CC1C(C)C(O)C(C)C(O)C1C. The van der Waals surface area contributed by atoms with Crippen LogP contribution in [0.25, 0.3) is 0 Å². The Kier molecular flexibility index (Phi) is 2.79. The van der Waals surface area contributed by atoms with Gasteiger partial charge in [-0.05, 0) is 17.8 Å². The van der Waals surface area contributed by atoms with E-state index in [2.05, 4.69) is 20.8 Å². The van der Waals surface area contributed by atoms with E-state index in [9.17, 15) is 10.2 Å². The van der Waals surface area contributed by atoms with Gasteiger partial charge in [0.05, 0.1) is 12.2 Å². The summed E-state index contributed by atoms with van der Waals surface area (Å²) >= 11 is 0. The van der Waals surface area contributed by atoms with Gasteiger partial charge in [-0.3, -0.25) is 0 Å². The molecule has 1 aliphatic rings. The summed E-state index contributed by atoms with van der Waals surface area (Å²) in [6.45, 7) is 8.16. The van der Waals surface area contributed by atoms with Gasteiger partial charge in [0.15, 0.2) is 0 Å². The Balaban J connectivity index is 2.76. The molecular weight excluding hydrogens is 152 g/mol. The lowest BCUT2D eigenvalue weighted by Crippen LogP contribution is -2.48. The molecule has 0 aromatic carbocycles. The molecule has 0 aliphatic heterocycles. The van der Waals surface area contributed by atoms with Crippen LogP contribution >= 0.6 is 0 Å². The number of aliphatic hydroxyl groups excluding tert-OH is 2. The molecule has 0 amide bonds. The van der Waals surface area contributed by atoms with Crippen LogP contribution in [0.15, 0.2) is 0 Å². The minimum atomic E-state index is -0.341. The van der Waals surface area contributed by atoms with Gasteiger partial charge >= 0.3 is 0 Å². The maximum atomic E-state index is 9.74. The zero-order valence-electron chi connectivity index (χ0n) is 8.36. The van der Waals surface area contributed by atoms with E-state index >= 15 is 0 Å². The Bertz CT molecular complexity index is 99.4. The number of hydrogen-bond donors (Lipinski definition) is 2. The summed E-state index contributed by atoms with van der Waals surface area (Å²) in [6.07, 6.45) is -0.683. The Hall–Kier alpha value is -0.0800. The van der Waals surface area contributed by atoms with Crippen LogP contribution in [-0.2, 0) is 0 Å². The van der Waals surface area contributed by atoms with Crippen molar-refractivity contribution in [2.45, 2.75) is 39.9 Å². The normalized spacial score (nSPS) is 55.5. The summed E-state index contributed by atoms with van der Waals surface area (Å²) in [4.78, 5) is 0. The monoisotopic (exact) mass is 172 g/mol. The second kappa shape index (κ2) is 3.35. The largest absolute Gasteiger partial charge is 0.392 e. The van der Waals surface area contributed by atoms with Crippen molar-refractivity contribution in [3.05, 3.63) is 0 Å². The third kappa shape index (κ3) is 1.38. The van der Waals surface area contributed by atoms with Gasteiger partial charge in [-0.2, -0.15) is 0 Å². The highest BCUT2D eigenvalue weighted by Gasteiger charge is 2.41. The molecule has 0 saturated heterocycles. The van der Waals surface area contributed by atoms with Gasteiger partial charge in [-0.15, -0.1) is 0 Å². The summed E-state index contributed by atoms with van der Waals surface area (Å²) in [5.74, 6) is 1.04. The molecule has 72 valence electrons. The predicted octanol–water partition coefficient (Wildman–Crippen LogP) is 1.27. The molecule has 1 saturated carbocycles. The van der Waals surface area contributed by atoms with E-state index in [-0.39, 0.29) is 18.1 Å². The fourth-order valence-corrected chi connectivity index (χ4v) is 2.26. The van der Waals surface area contributed by atoms with E-state index < -0.39 is 0 Å².